The van der Waals surface area contributed by atoms with Crippen molar-refractivity contribution >= 4 is 21.2 Å². The van der Waals surface area contributed by atoms with E-state index in [1.165, 1.54) is 17.6 Å². The first kappa shape index (κ1) is 14.9. The zero-order valence-corrected chi connectivity index (χ0v) is 13.6. The van der Waals surface area contributed by atoms with Gasteiger partial charge in [0.25, 0.3) is 0 Å². The van der Waals surface area contributed by atoms with Gasteiger partial charge in [-0.2, -0.15) is 0 Å². The number of thiazole rings is 1. The lowest BCUT2D eigenvalue weighted by Crippen LogP contribution is -2.47. The van der Waals surface area contributed by atoms with Gasteiger partial charge in [0.2, 0.25) is 0 Å². The molecule has 0 saturated heterocycles. The van der Waals surface area contributed by atoms with Crippen LogP contribution >= 0.6 is 11.3 Å². The molecule has 1 aliphatic rings. The number of aromatic nitrogens is 1. The molecule has 1 saturated carbocycles. The molecule has 0 amide bonds. The molecule has 1 aliphatic carbocycles. The van der Waals surface area contributed by atoms with Crippen LogP contribution in [0.3, 0.4) is 0 Å². The number of nitrogens with two attached hydrogens (primary N) is 1. The largest absolute Gasteiger partial charge is 0.318 e. The van der Waals surface area contributed by atoms with Crippen LogP contribution in [-0.2, 0) is 20.8 Å². The highest BCUT2D eigenvalue weighted by molar-refractivity contribution is 7.91. The van der Waals surface area contributed by atoms with Crippen LogP contribution in [0.1, 0.15) is 50.7 Å². The predicted molar refractivity (Wildman–Crippen MR) is 79.2 cm³/mol. The second-order valence-corrected chi connectivity index (χ2v) is 9.62. The third-order valence-corrected chi connectivity index (χ3v) is 6.54. The number of hydrogen-bond acceptors (Lipinski definition) is 5. The molecule has 0 radical (unpaired) electrons. The summed E-state index contributed by atoms with van der Waals surface area (Å²) in [6.07, 6.45) is 3.46. The SMILES string of the molecule is CC(C)(C)c1csc(C2(N)CCCC2S(C)(=O)=O)n1. The minimum atomic E-state index is -3.14. The smallest absolute Gasteiger partial charge is 0.152 e. The van der Waals surface area contributed by atoms with Crippen LogP contribution < -0.4 is 5.73 Å². The van der Waals surface area contributed by atoms with Crippen molar-refractivity contribution in [3.63, 3.8) is 0 Å². The number of hydrogen-bond donors (Lipinski definition) is 1. The van der Waals surface area contributed by atoms with Gasteiger partial charge in [-0.05, 0) is 19.3 Å². The number of nitrogens with zero attached hydrogens (tertiary/aromatic N) is 1. The molecule has 1 fully saturated rings. The normalized spacial score (nSPS) is 28.8. The summed E-state index contributed by atoms with van der Waals surface area (Å²) in [6, 6.07) is 0. The molecule has 6 heteroatoms. The van der Waals surface area contributed by atoms with E-state index < -0.39 is 20.6 Å². The monoisotopic (exact) mass is 302 g/mol. The third-order valence-electron chi connectivity index (χ3n) is 3.82. The first-order chi connectivity index (χ1) is 8.55. The van der Waals surface area contributed by atoms with Crippen LogP contribution in [0.25, 0.3) is 0 Å². The highest BCUT2D eigenvalue weighted by atomic mass is 32.2. The maximum atomic E-state index is 11.9. The highest BCUT2D eigenvalue weighted by Gasteiger charge is 2.48. The molecule has 0 bridgehead atoms. The Bertz CT molecular complexity index is 572. The van der Waals surface area contributed by atoms with Gasteiger partial charge in [-0.25, -0.2) is 13.4 Å². The zero-order valence-electron chi connectivity index (χ0n) is 11.9. The van der Waals surface area contributed by atoms with Crippen molar-refractivity contribution < 1.29 is 8.42 Å². The van der Waals surface area contributed by atoms with Crippen molar-refractivity contribution in [2.24, 2.45) is 5.73 Å². The lowest BCUT2D eigenvalue weighted by atomic mass is 9.93. The average molecular weight is 302 g/mol. The maximum absolute atomic E-state index is 11.9. The van der Waals surface area contributed by atoms with E-state index in [4.69, 9.17) is 5.73 Å². The van der Waals surface area contributed by atoms with Crippen LogP contribution in [0.4, 0.5) is 0 Å². The van der Waals surface area contributed by atoms with Crippen molar-refractivity contribution in [1.82, 2.24) is 4.98 Å². The third kappa shape index (κ3) is 2.71. The molecule has 1 heterocycles. The molecule has 1 aromatic heterocycles. The topological polar surface area (TPSA) is 73.1 Å². The van der Waals surface area contributed by atoms with E-state index in [0.29, 0.717) is 12.8 Å². The Labute approximate surface area is 119 Å². The summed E-state index contributed by atoms with van der Waals surface area (Å²) in [5.41, 5.74) is 6.58. The minimum Gasteiger partial charge on any atom is -0.318 e. The van der Waals surface area contributed by atoms with Gasteiger partial charge >= 0.3 is 0 Å². The summed E-state index contributed by atoms with van der Waals surface area (Å²) >= 11 is 1.49. The molecule has 0 aromatic carbocycles. The summed E-state index contributed by atoms with van der Waals surface area (Å²) in [5.74, 6) is 0. The summed E-state index contributed by atoms with van der Waals surface area (Å²) in [7, 11) is -3.14. The van der Waals surface area contributed by atoms with Crippen molar-refractivity contribution in [2.75, 3.05) is 6.26 Å². The highest BCUT2D eigenvalue weighted by Crippen LogP contribution is 2.42. The van der Waals surface area contributed by atoms with Crippen LogP contribution in [0.2, 0.25) is 0 Å². The van der Waals surface area contributed by atoms with E-state index in [9.17, 15) is 8.42 Å². The fourth-order valence-corrected chi connectivity index (χ4v) is 5.58. The number of sulfone groups is 1. The van der Waals surface area contributed by atoms with E-state index in [1.54, 1.807) is 0 Å². The average Bonchev–Trinajstić information content (AvgIpc) is 2.80. The second-order valence-electron chi connectivity index (χ2n) is 6.54. The van der Waals surface area contributed by atoms with Gasteiger partial charge in [0, 0.05) is 17.1 Å². The Balaban J connectivity index is 2.42. The zero-order chi connectivity index (χ0) is 14.5. The fraction of sp³-hybridized carbons (Fsp3) is 0.769. The summed E-state index contributed by atoms with van der Waals surface area (Å²) in [4.78, 5) is 4.63. The molecule has 2 N–H and O–H groups in total. The molecule has 2 atom stereocenters. The Kier molecular flexibility index (Phi) is 3.56. The fourth-order valence-electron chi connectivity index (χ4n) is 2.67. The lowest BCUT2D eigenvalue weighted by molar-refractivity contribution is 0.445. The van der Waals surface area contributed by atoms with E-state index in [1.807, 2.05) is 5.38 Å². The molecule has 1 aromatic rings. The van der Waals surface area contributed by atoms with E-state index in [0.717, 1.165) is 17.1 Å². The van der Waals surface area contributed by atoms with Gasteiger partial charge in [-0.15, -0.1) is 11.3 Å². The molecule has 108 valence electrons. The van der Waals surface area contributed by atoms with Crippen molar-refractivity contribution in [3.05, 3.63) is 16.1 Å². The van der Waals surface area contributed by atoms with Crippen molar-refractivity contribution in [2.45, 2.75) is 56.2 Å². The molecule has 2 rings (SSSR count). The molecule has 2 unspecified atom stereocenters. The van der Waals surface area contributed by atoms with Crippen LogP contribution in [0.5, 0.6) is 0 Å². The van der Waals surface area contributed by atoms with E-state index >= 15 is 0 Å². The van der Waals surface area contributed by atoms with Crippen molar-refractivity contribution in [3.8, 4) is 0 Å². The Morgan fingerprint density at radius 1 is 1.47 bits per heavy atom. The van der Waals surface area contributed by atoms with Gasteiger partial charge in [-0.1, -0.05) is 20.8 Å². The Morgan fingerprint density at radius 2 is 2.11 bits per heavy atom. The quantitative estimate of drug-likeness (QED) is 0.909. The molecular formula is C13H22N2O2S2. The molecule has 0 spiro atoms. The van der Waals surface area contributed by atoms with Gasteiger partial charge < -0.3 is 5.73 Å². The first-order valence-corrected chi connectivity index (χ1v) is 9.33. The molecule has 0 aliphatic heterocycles. The number of rotatable bonds is 2. The molecule has 19 heavy (non-hydrogen) atoms. The van der Waals surface area contributed by atoms with Gasteiger partial charge in [0.05, 0.1) is 16.5 Å². The van der Waals surface area contributed by atoms with Crippen molar-refractivity contribution in [1.29, 1.82) is 0 Å². The Hall–Kier alpha value is -0.460. The van der Waals surface area contributed by atoms with Gasteiger partial charge in [0.15, 0.2) is 9.84 Å². The maximum Gasteiger partial charge on any atom is 0.152 e. The Morgan fingerprint density at radius 3 is 2.58 bits per heavy atom. The van der Waals surface area contributed by atoms with Crippen LogP contribution in [0, 0.1) is 0 Å². The minimum absolute atomic E-state index is 0.0374. The molecule has 4 nitrogen and oxygen atoms in total. The standard InChI is InChI=1S/C13H22N2O2S2/c1-12(2,3)9-8-18-11(15-9)13(14)7-5-6-10(13)19(4,16)17/h8,10H,5-7,14H2,1-4H3. The van der Waals surface area contributed by atoms with Gasteiger partial charge in [0.1, 0.15) is 5.01 Å². The van der Waals surface area contributed by atoms with E-state index in [-0.39, 0.29) is 5.41 Å². The summed E-state index contributed by atoms with van der Waals surface area (Å²) in [6.45, 7) is 6.28. The van der Waals surface area contributed by atoms with Crippen LogP contribution in [-0.4, -0.2) is 24.9 Å². The molecular weight excluding hydrogens is 280 g/mol. The van der Waals surface area contributed by atoms with Gasteiger partial charge in [-0.3, -0.25) is 0 Å². The first-order valence-electron chi connectivity index (χ1n) is 6.49. The second kappa shape index (κ2) is 4.53. The summed E-state index contributed by atoms with van der Waals surface area (Å²) < 4.78 is 23.8. The van der Waals surface area contributed by atoms with Crippen LogP contribution in [0.15, 0.2) is 5.38 Å². The lowest BCUT2D eigenvalue weighted by Gasteiger charge is -2.28. The summed E-state index contributed by atoms with van der Waals surface area (Å²) in [5, 5.41) is 2.27. The van der Waals surface area contributed by atoms with E-state index in [2.05, 4.69) is 25.8 Å². The predicted octanol–water partition coefficient (Wildman–Crippen LogP) is 2.19.